The maximum Gasteiger partial charge on any atom is 0.240 e. The van der Waals surface area contributed by atoms with Crippen molar-refractivity contribution in [1.29, 1.82) is 0 Å². The molecule has 0 spiro atoms. The molecule has 7 nitrogen and oxygen atoms in total. The van der Waals surface area contributed by atoms with E-state index in [4.69, 9.17) is 10.3 Å². The van der Waals surface area contributed by atoms with Crippen molar-refractivity contribution in [1.82, 2.24) is 14.9 Å². The zero-order chi connectivity index (χ0) is 15.3. The summed E-state index contributed by atoms with van der Waals surface area (Å²) in [7, 11) is -3.58. The zero-order valence-electron chi connectivity index (χ0n) is 11.7. The summed E-state index contributed by atoms with van der Waals surface area (Å²) in [4.78, 5) is 4.15. The molecule has 0 amide bonds. The predicted octanol–water partition coefficient (Wildman–Crippen LogP) is 0.748. The van der Waals surface area contributed by atoms with Crippen LogP contribution in [0.3, 0.4) is 0 Å². The van der Waals surface area contributed by atoms with Crippen LogP contribution in [0, 0.1) is 6.92 Å². The van der Waals surface area contributed by atoms with E-state index in [0.29, 0.717) is 18.3 Å². The van der Waals surface area contributed by atoms with Crippen LogP contribution in [0.15, 0.2) is 33.7 Å². The molecule has 3 N–H and O–H groups in total. The first-order valence-corrected chi connectivity index (χ1v) is 8.07. The lowest BCUT2D eigenvalue weighted by Gasteiger charge is -2.06. The van der Waals surface area contributed by atoms with Crippen molar-refractivity contribution in [3.05, 3.63) is 41.5 Å². The van der Waals surface area contributed by atoms with Gasteiger partial charge in [0.05, 0.1) is 11.4 Å². The first-order chi connectivity index (χ1) is 10.0. The van der Waals surface area contributed by atoms with Gasteiger partial charge >= 0.3 is 0 Å². The lowest BCUT2D eigenvalue weighted by molar-refractivity contribution is 0.387. The van der Waals surface area contributed by atoms with Gasteiger partial charge in [-0.3, -0.25) is 0 Å². The van der Waals surface area contributed by atoms with E-state index in [0.717, 1.165) is 18.4 Å². The lowest BCUT2D eigenvalue weighted by atomic mass is 10.1. The lowest BCUT2D eigenvalue weighted by Crippen LogP contribution is -2.23. The number of rotatable bonds is 7. The van der Waals surface area contributed by atoms with Gasteiger partial charge in [-0.1, -0.05) is 17.3 Å². The number of sulfonamides is 1. The molecular weight excluding hydrogens is 292 g/mol. The van der Waals surface area contributed by atoms with Gasteiger partial charge in [-0.05, 0) is 37.1 Å². The van der Waals surface area contributed by atoms with Crippen LogP contribution in [0.5, 0.6) is 0 Å². The quantitative estimate of drug-likeness (QED) is 0.780. The fourth-order valence-corrected chi connectivity index (χ4v) is 2.78. The van der Waals surface area contributed by atoms with E-state index in [1.807, 2.05) is 0 Å². The van der Waals surface area contributed by atoms with Crippen LogP contribution in [0.1, 0.15) is 23.7 Å². The van der Waals surface area contributed by atoms with Gasteiger partial charge in [0.25, 0.3) is 0 Å². The highest BCUT2D eigenvalue weighted by Gasteiger charge is 2.15. The number of nitrogens with two attached hydrogens (primary N) is 1. The second-order valence-corrected chi connectivity index (χ2v) is 6.36. The average molecular weight is 310 g/mol. The molecule has 1 heterocycles. The summed E-state index contributed by atoms with van der Waals surface area (Å²) in [6.07, 6.45) is 1.72. The first-order valence-electron chi connectivity index (χ1n) is 6.59. The van der Waals surface area contributed by atoms with E-state index in [9.17, 15) is 8.42 Å². The Bertz CT molecular complexity index is 680. The van der Waals surface area contributed by atoms with Crippen molar-refractivity contribution in [2.24, 2.45) is 5.73 Å². The minimum Gasteiger partial charge on any atom is -0.340 e. The molecule has 0 radical (unpaired) electrons. The Hall–Kier alpha value is -1.77. The topological polar surface area (TPSA) is 111 Å². The minimum absolute atomic E-state index is 0.00536. The van der Waals surface area contributed by atoms with Gasteiger partial charge in [-0.15, -0.1) is 0 Å². The number of aryl methyl sites for hydroxylation is 2. The Kier molecular flexibility index (Phi) is 5.05. The zero-order valence-corrected chi connectivity index (χ0v) is 12.6. The van der Waals surface area contributed by atoms with E-state index < -0.39 is 10.0 Å². The van der Waals surface area contributed by atoms with Gasteiger partial charge < -0.3 is 10.3 Å². The van der Waals surface area contributed by atoms with Crippen molar-refractivity contribution in [3.8, 4) is 0 Å². The number of benzene rings is 1. The summed E-state index contributed by atoms with van der Waals surface area (Å²) in [5.41, 5.74) is 6.51. The summed E-state index contributed by atoms with van der Waals surface area (Å²) < 4.78 is 31.5. The molecule has 0 bridgehead atoms. The molecule has 2 aromatic rings. The van der Waals surface area contributed by atoms with Crippen molar-refractivity contribution >= 4 is 10.0 Å². The van der Waals surface area contributed by atoms with Gasteiger partial charge in [-0.25, -0.2) is 13.1 Å². The van der Waals surface area contributed by atoms with Crippen LogP contribution in [0.25, 0.3) is 0 Å². The van der Waals surface area contributed by atoms with Gasteiger partial charge in [0.1, 0.15) is 0 Å². The number of hydrogen-bond acceptors (Lipinski definition) is 6. The van der Waals surface area contributed by atoms with Crippen molar-refractivity contribution < 1.29 is 12.9 Å². The SMILES string of the molecule is Cc1nc(CNS(=O)(=O)c2ccc(CCCN)cc2)no1. The largest absolute Gasteiger partial charge is 0.340 e. The van der Waals surface area contributed by atoms with E-state index in [2.05, 4.69) is 14.9 Å². The number of hydrogen-bond donors (Lipinski definition) is 2. The van der Waals surface area contributed by atoms with Crippen LogP contribution in [0.2, 0.25) is 0 Å². The molecule has 0 unspecified atom stereocenters. The molecule has 2 rings (SSSR count). The molecule has 21 heavy (non-hydrogen) atoms. The second kappa shape index (κ2) is 6.79. The summed E-state index contributed by atoms with van der Waals surface area (Å²) in [6, 6.07) is 6.75. The normalized spacial score (nSPS) is 11.7. The average Bonchev–Trinajstić information content (AvgIpc) is 2.89. The number of nitrogens with one attached hydrogen (secondary N) is 1. The third-order valence-corrected chi connectivity index (χ3v) is 4.31. The van der Waals surface area contributed by atoms with Gasteiger partial charge in [-0.2, -0.15) is 4.98 Å². The smallest absolute Gasteiger partial charge is 0.240 e. The first kappa shape index (κ1) is 15.6. The molecule has 8 heteroatoms. The molecule has 0 aliphatic heterocycles. The minimum atomic E-state index is -3.58. The third-order valence-electron chi connectivity index (χ3n) is 2.89. The van der Waals surface area contributed by atoms with Crippen LogP contribution < -0.4 is 10.5 Å². The predicted molar refractivity (Wildman–Crippen MR) is 76.9 cm³/mol. The highest BCUT2D eigenvalue weighted by atomic mass is 32.2. The van der Waals surface area contributed by atoms with Crippen LogP contribution in [0.4, 0.5) is 0 Å². The highest BCUT2D eigenvalue weighted by molar-refractivity contribution is 7.89. The third kappa shape index (κ3) is 4.35. The number of nitrogens with zero attached hydrogens (tertiary/aromatic N) is 2. The summed E-state index contributed by atoms with van der Waals surface area (Å²) >= 11 is 0. The fraction of sp³-hybridized carbons (Fsp3) is 0.385. The van der Waals surface area contributed by atoms with Crippen molar-refractivity contribution in [2.45, 2.75) is 31.2 Å². The van der Waals surface area contributed by atoms with Crippen molar-refractivity contribution in [2.75, 3.05) is 6.54 Å². The van der Waals surface area contributed by atoms with E-state index in [-0.39, 0.29) is 11.4 Å². The second-order valence-electron chi connectivity index (χ2n) is 4.59. The molecular formula is C13H18N4O3S. The Labute approximate surface area is 123 Å². The maximum atomic E-state index is 12.1. The molecule has 0 saturated carbocycles. The van der Waals surface area contributed by atoms with Gasteiger partial charge in [0.2, 0.25) is 15.9 Å². The molecule has 0 saturated heterocycles. The molecule has 0 fully saturated rings. The number of aromatic nitrogens is 2. The van der Waals surface area contributed by atoms with Gasteiger partial charge in [0, 0.05) is 6.92 Å². The Morgan fingerprint density at radius 2 is 2.00 bits per heavy atom. The Balaban J connectivity index is 2.01. The van der Waals surface area contributed by atoms with Crippen LogP contribution >= 0.6 is 0 Å². The van der Waals surface area contributed by atoms with Gasteiger partial charge in [0.15, 0.2) is 5.82 Å². The van der Waals surface area contributed by atoms with E-state index >= 15 is 0 Å². The highest BCUT2D eigenvalue weighted by Crippen LogP contribution is 2.12. The fourth-order valence-electron chi connectivity index (χ4n) is 1.80. The molecule has 0 aliphatic rings. The van der Waals surface area contributed by atoms with Crippen LogP contribution in [-0.4, -0.2) is 25.1 Å². The molecule has 1 aromatic carbocycles. The maximum absolute atomic E-state index is 12.1. The Morgan fingerprint density at radius 3 is 2.57 bits per heavy atom. The van der Waals surface area contributed by atoms with E-state index in [1.165, 1.54) is 0 Å². The van der Waals surface area contributed by atoms with Crippen LogP contribution in [-0.2, 0) is 23.0 Å². The van der Waals surface area contributed by atoms with Crippen molar-refractivity contribution in [3.63, 3.8) is 0 Å². The summed E-state index contributed by atoms with van der Waals surface area (Å²) in [5.74, 6) is 0.698. The monoisotopic (exact) mass is 310 g/mol. The standard InChI is InChI=1S/C13H18N4O3S/c1-10-16-13(17-20-10)9-15-21(18,19)12-6-4-11(5-7-12)3-2-8-14/h4-7,15H,2-3,8-9,14H2,1H3. The summed E-state index contributed by atoms with van der Waals surface area (Å²) in [6.45, 7) is 2.26. The Morgan fingerprint density at radius 1 is 1.29 bits per heavy atom. The molecule has 114 valence electrons. The molecule has 0 atom stereocenters. The van der Waals surface area contributed by atoms with E-state index in [1.54, 1.807) is 31.2 Å². The molecule has 0 aliphatic carbocycles. The summed E-state index contributed by atoms with van der Waals surface area (Å²) in [5, 5.41) is 3.64. The molecule has 1 aromatic heterocycles.